The maximum absolute atomic E-state index is 12.6. The molecule has 2 rings (SSSR count). The number of hydrogen-bond donors (Lipinski definition) is 0. The quantitative estimate of drug-likeness (QED) is 0.433. The van der Waals surface area contributed by atoms with Crippen molar-refractivity contribution in [3.05, 3.63) is 71.8 Å². The first kappa shape index (κ1) is 22.7. The normalized spacial score (nSPS) is 13.9. The molecule has 0 aliphatic heterocycles. The SMILES string of the molecule is CCCC(OC(=O)c1ccccc1)C(CC)C(CCC)OC(=O)c1ccccc1. The Labute approximate surface area is 174 Å². The molecule has 0 aliphatic carbocycles. The van der Waals surface area contributed by atoms with E-state index in [9.17, 15) is 9.59 Å². The molecular formula is C25H32O4. The number of ether oxygens (including phenoxy) is 2. The van der Waals surface area contributed by atoms with Gasteiger partial charge >= 0.3 is 11.9 Å². The fourth-order valence-corrected chi connectivity index (χ4v) is 3.61. The summed E-state index contributed by atoms with van der Waals surface area (Å²) in [5.74, 6) is -0.700. The second kappa shape index (κ2) is 12.1. The molecule has 2 aromatic rings. The van der Waals surface area contributed by atoms with Gasteiger partial charge in [0.15, 0.2) is 0 Å². The molecule has 2 unspecified atom stereocenters. The predicted octanol–water partition coefficient (Wildman–Crippen LogP) is 6.06. The highest BCUT2D eigenvalue weighted by Gasteiger charge is 2.33. The molecule has 4 nitrogen and oxygen atoms in total. The largest absolute Gasteiger partial charge is 0.458 e. The summed E-state index contributed by atoms with van der Waals surface area (Å²) in [6.45, 7) is 6.20. The van der Waals surface area contributed by atoms with Crippen LogP contribution in [0.25, 0.3) is 0 Å². The Morgan fingerprint density at radius 2 is 1.07 bits per heavy atom. The lowest BCUT2D eigenvalue weighted by Gasteiger charge is -2.32. The van der Waals surface area contributed by atoms with Crippen molar-refractivity contribution in [2.24, 2.45) is 5.92 Å². The van der Waals surface area contributed by atoms with Gasteiger partial charge in [0.25, 0.3) is 0 Å². The Morgan fingerprint density at radius 1 is 0.690 bits per heavy atom. The Balaban J connectivity index is 2.17. The van der Waals surface area contributed by atoms with Gasteiger partial charge in [0, 0.05) is 5.92 Å². The van der Waals surface area contributed by atoms with E-state index < -0.39 is 0 Å². The number of esters is 2. The van der Waals surface area contributed by atoms with Crippen LogP contribution in [0.4, 0.5) is 0 Å². The van der Waals surface area contributed by atoms with Crippen LogP contribution < -0.4 is 0 Å². The van der Waals surface area contributed by atoms with Crippen LogP contribution in [0.2, 0.25) is 0 Å². The molecule has 0 bridgehead atoms. The number of benzene rings is 2. The minimum Gasteiger partial charge on any atom is -0.458 e. The molecule has 0 saturated carbocycles. The Kier molecular flexibility index (Phi) is 9.42. The van der Waals surface area contributed by atoms with Gasteiger partial charge in [-0.25, -0.2) is 9.59 Å². The molecule has 0 aliphatic rings. The average molecular weight is 397 g/mol. The van der Waals surface area contributed by atoms with Crippen LogP contribution in [0.15, 0.2) is 60.7 Å². The topological polar surface area (TPSA) is 52.6 Å². The van der Waals surface area contributed by atoms with Gasteiger partial charge in [-0.2, -0.15) is 0 Å². The van der Waals surface area contributed by atoms with Crippen molar-refractivity contribution in [2.45, 2.75) is 65.1 Å². The second-order valence-corrected chi connectivity index (χ2v) is 7.27. The standard InChI is InChI=1S/C25H32O4/c1-4-13-22(28-24(26)19-15-9-7-10-16-19)21(6-3)23(14-5-2)29-25(27)20-17-11-8-12-18-20/h7-12,15-18,21-23H,4-6,13-14H2,1-3H3. The van der Waals surface area contributed by atoms with Crippen LogP contribution in [0, 0.1) is 5.92 Å². The highest BCUT2D eigenvalue weighted by molar-refractivity contribution is 5.90. The summed E-state index contributed by atoms with van der Waals surface area (Å²) >= 11 is 0. The van der Waals surface area contributed by atoms with Crippen LogP contribution in [0.5, 0.6) is 0 Å². The first-order chi connectivity index (χ1) is 14.1. The third kappa shape index (κ3) is 6.74. The molecule has 2 aromatic carbocycles. The van der Waals surface area contributed by atoms with E-state index in [1.54, 1.807) is 24.3 Å². The summed E-state index contributed by atoms with van der Waals surface area (Å²) in [5, 5.41) is 0. The van der Waals surface area contributed by atoms with Crippen molar-refractivity contribution in [1.82, 2.24) is 0 Å². The highest BCUT2D eigenvalue weighted by atomic mass is 16.6. The molecule has 0 N–H and O–H groups in total. The first-order valence-electron chi connectivity index (χ1n) is 10.6. The third-order valence-electron chi connectivity index (χ3n) is 5.11. The zero-order valence-electron chi connectivity index (χ0n) is 17.7. The van der Waals surface area contributed by atoms with Gasteiger partial charge < -0.3 is 9.47 Å². The van der Waals surface area contributed by atoms with Crippen molar-refractivity contribution in [1.29, 1.82) is 0 Å². The van der Waals surface area contributed by atoms with Crippen molar-refractivity contribution in [3.63, 3.8) is 0 Å². The van der Waals surface area contributed by atoms with Crippen molar-refractivity contribution in [2.75, 3.05) is 0 Å². The molecule has 0 amide bonds. The van der Waals surface area contributed by atoms with Crippen LogP contribution in [-0.4, -0.2) is 24.1 Å². The minimum atomic E-state index is -0.327. The zero-order chi connectivity index (χ0) is 21.1. The van der Waals surface area contributed by atoms with Gasteiger partial charge in [0.1, 0.15) is 12.2 Å². The summed E-state index contributed by atoms with van der Waals surface area (Å²) in [4.78, 5) is 25.3. The van der Waals surface area contributed by atoms with Crippen molar-refractivity contribution < 1.29 is 19.1 Å². The van der Waals surface area contributed by atoms with E-state index in [-0.39, 0.29) is 30.1 Å². The molecule has 156 valence electrons. The number of rotatable bonds is 11. The van der Waals surface area contributed by atoms with E-state index in [1.165, 1.54) is 0 Å². The number of carbonyl (C=O) groups is 2. The molecule has 0 fully saturated rings. The van der Waals surface area contributed by atoms with E-state index in [4.69, 9.17) is 9.47 Å². The fraction of sp³-hybridized carbons (Fsp3) is 0.440. The van der Waals surface area contributed by atoms with Gasteiger partial charge in [-0.3, -0.25) is 0 Å². The Bertz CT molecular complexity index is 678. The smallest absolute Gasteiger partial charge is 0.338 e. The summed E-state index contributed by atoms with van der Waals surface area (Å²) in [5.41, 5.74) is 1.08. The van der Waals surface area contributed by atoms with Crippen molar-refractivity contribution >= 4 is 11.9 Å². The van der Waals surface area contributed by atoms with E-state index in [2.05, 4.69) is 20.8 Å². The van der Waals surface area contributed by atoms with Crippen LogP contribution in [0.3, 0.4) is 0 Å². The third-order valence-corrected chi connectivity index (χ3v) is 5.11. The van der Waals surface area contributed by atoms with Crippen molar-refractivity contribution in [3.8, 4) is 0 Å². The van der Waals surface area contributed by atoms with Gasteiger partial charge in [-0.15, -0.1) is 0 Å². The lowest BCUT2D eigenvalue weighted by Crippen LogP contribution is -2.37. The van der Waals surface area contributed by atoms with E-state index >= 15 is 0 Å². The monoisotopic (exact) mass is 396 g/mol. The predicted molar refractivity (Wildman–Crippen MR) is 115 cm³/mol. The summed E-state index contributed by atoms with van der Waals surface area (Å²) in [6, 6.07) is 18.1. The average Bonchev–Trinajstić information content (AvgIpc) is 2.75. The second-order valence-electron chi connectivity index (χ2n) is 7.27. The summed E-state index contributed by atoms with van der Waals surface area (Å²) in [6.07, 6.45) is 3.42. The van der Waals surface area contributed by atoms with Crippen LogP contribution in [0.1, 0.15) is 73.6 Å². The maximum Gasteiger partial charge on any atom is 0.338 e. The molecule has 4 heteroatoms. The molecular weight excluding hydrogens is 364 g/mol. The molecule has 0 radical (unpaired) electrons. The fourth-order valence-electron chi connectivity index (χ4n) is 3.61. The Morgan fingerprint density at radius 3 is 1.38 bits per heavy atom. The molecule has 29 heavy (non-hydrogen) atoms. The van der Waals surface area contributed by atoms with Crippen LogP contribution in [-0.2, 0) is 9.47 Å². The molecule has 2 atom stereocenters. The van der Waals surface area contributed by atoms with Gasteiger partial charge in [0.2, 0.25) is 0 Å². The van der Waals surface area contributed by atoms with Gasteiger partial charge in [-0.1, -0.05) is 70.0 Å². The summed E-state index contributed by atoms with van der Waals surface area (Å²) < 4.78 is 11.8. The molecule has 0 heterocycles. The van der Waals surface area contributed by atoms with E-state index in [0.717, 1.165) is 32.1 Å². The van der Waals surface area contributed by atoms with Gasteiger partial charge in [-0.05, 0) is 43.5 Å². The van der Waals surface area contributed by atoms with Crippen LogP contribution >= 0.6 is 0 Å². The Hall–Kier alpha value is -2.62. The number of carbonyl (C=O) groups excluding carboxylic acids is 2. The van der Waals surface area contributed by atoms with Gasteiger partial charge in [0.05, 0.1) is 11.1 Å². The highest BCUT2D eigenvalue weighted by Crippen LogP contribution is 2.28. The zero-order valence-corrected chi connectivity index (χ0v) is 17.7. The maximum atomic E-state index is 12.6. The molecule has 0 aromatic heterocycles. The summed E-state index contributed by atoms with van der Waals surface area (Å²) in [7, 11) is 0. The first-order valence-corrected chi connectivity index (χ1v) is 10.6. The lowest BCUT2D eigenvalue weighted by atomic mass is 9.88. The van der Waals surface area contributed by atoms with E-state index in [1.807, 2.05) is 36.4 Å². The number of hydrogen-bond acceptors (Lipinski definition) is 4. The molecule has 0 saturated heterocycles. The minimum absolute atomic E-state index is 0.0461. The van der Waals surface area contributed by atoms with E-state index in [0.29, 0.717) is 11.1 Å². The molecule has 0 spiro atoms. The lowest BCUT2D eigenvalue weighted by molar-refractivity contribution is -0.0391.